The SMILES string of the molecule is O=C1[C@H](NS(=O)(=O)c2ccc3cc(Cl)ccc3c2)CCN1c1ccc2c(c1)CCNC2. The number of halogens is 1. The first-order chi connectivity index (χ1) is 14.9. The first kappa shape index (κ1) is 20.5. The van der Waals surface area contributed by atoms with Gasteiger partial charge in [0.25, 0.3) is 0 Å². The zero-order valence-electron chi connectivity index (χ0n) is 16.8. The van der Waals surface area contributed by atoms with Gasteiger partial charge >= 0.3 is 0 Å². The summed E-state index contributed by atoms with van der Waals surface area (Å²) >= 11 is 6.01. The van der Waals surface area contributed by atoms with Crippen LogP contribution in [-0.2, 0) is 27.8 Å². The number of carbonyl (C=O) groups is 1. The van der Waals surface area contributed by atoms with E-state index in [9.17, 15) is 13.2 Å². The van der Waals surface area contributed by atoms with Gasteiger partial charge in [-0.15, -0.1) is 0 Å². The fourth-order valence-corrected chi connectivity index (χ4v) is 5.73. The maximum Gasteiger partial charge on any atom is 0.245 e. The smallest absolute Gasteiger partial charge is 0.245 e. The highest BCUT2D eigenvalue weighted by Crippen LogP contribution is 2.27. The molecule has 0 spiro atoms. The molecule has 1 atom stereocenters. The van der Waals surface area contributed by atoms with Gasteiger partial charge in [0, 0.05) is 23.8 Å². The Morgan fingerprint density at radius 1 is 1.00 bits per heavy atom. The predicted molar refractivity (Wildman–Crippen MR) is 122 cm³/mol. The lowest BCUT2D eigenvalue weighted by Gasteiger charge is -2.22. The lowest BCUT2D eigenvalue weighted by molar-refractivity contribution is -0.118. The number of sulfonamides is 1. The van der Waals surface area contributed by atoms with Gasteiger partial charge in [0.1, 0.15) is 6.04 Å². The van der Waals surface area contributed by atoms with Crippen LogP contribution in [0.1, 0.15) is 17.5 Å². The van der Waals surface area contributed by atoms with Crippen LogP contribution in [0.5, 0.6) is 0 Å². The fraction of sp³-hybridized carbons (Fsp3) is 0.261. The molecule has 2 N–H and O–H groups in total. The molecule has 0 aromatic heterocycles. The number of amides is 1. The number of benzene rings is 3. The molecular weight excluding hydrogens is 434 g/mol. The molecule has 0 bridgehead atoms. The summed E-state index contributed by atoms with van der Waals surface area (Å²) in [4.78, 5) is 14.8. The first-order valence-electron chi connectivity index (χ1n) is 10.3. The minimum absolute atomic E-state index is 0.134. The van der Waals surface area contributed by atoms with E-state index < -0.39 is 16.1 Å². The number of anilines is 1. The summed E-state index contributed by atoms with van der Waals surface area (Å²) in [7, 11) is -3.84. The molecule has 8 heteroatoms. The molecule has 0 aliphatic carbocycles. The van der Waals surface area contributed by atoms with E-state index in [0.29, 0.717) is 18.0 Å². The zero-order chi connectivity index (χ0) is 21.6. The van der Waals surface area contributed by atoms with E-state index in [4.69, 9.17) is 11.6 Å². The largest absolute Gasteiger partial charge is 0.312 e. The fourth-order valence-electron chi connectivity index (χ4n) is 4.29. The second kappa shape index (κ2) is 7.91. The van der Waals surface area contributed by atoms with Gasteiger partial charge in [0.15, 0.2) is 0 Å². The van der Waals surface area contributed by atoms with Crippen molar-refractivity contribution in [1.29, 1.82) is 0 Å². The Labute approximate surface area is 186 Å². The minimum Gasteiger partial charge on any atom is -0.312 e. The summed E-state index contributed by atoms with van der Waals surface area (Å²) in [5.74, 6) is -0.218. The summed E-state index contributed by atoms with van der Waals surface area (Å²) in [5, 5.41) is 5.56. The quantitative estimate of drug-likeness (QED) is 0.633. The monoisotopic (exact) mass is 455 g/mol. The van der Waals surface area contributed by atoms with Crippen LogP contribution in [0.4, 0.5) is 5.69 Å². The van der Waals surface area contributed by atoms with E-state index in [1.807, 2.05) is 12.1 Å². The molecule has 0 radical (unpaired) electrons. The molecule has 3 aromatic rings. The van der Waals surface area contributed by atoms with Crippen molar-refractivity contribution in [2.45, 2.75) is 30.3 Å². The Morgan fingerprint density at radius 2 is 1.81 bits per heavy atom. The van der Waals surface area contributed by atoms with Crippen LogP contribution >= 0.6 is 11.6 Å². The molecule has 2 aliphatic heterocycles. The normalized spacial score (nSPS) is 19.1. The Bertz CT molecular complexity index is 1290. The highest BCUT2D eigenvalue weighted by molar-refractivity contribution is 7.89. The van der Waals surface area contributed by atoms with Gasteiger partial charge in [-0.2, -0.15) is 4.72 Å². The first-order valence-corrected chi connectivity index (χ1v) is 12.1. The Balaban J connectivity index is 1.35. The van der Waals surface area contributed by atoms with Crippen molar-refractivity contribution in [2.75, 3.05) is 18.0 Å². The van der Waals surface area contributed by atoms with Gasteiger partial charge in [-0.3, -0.25) is 4.79 Å². The standard InChI is InChI=1S/C23H22ClN3O3S/c24-19-4-1-16-13-21(6-3-15(16)11-19)31(29,30)26-22-8-10-27(23(22)28)20-5-2-18-14-25-9-7-17(18)12-20/h1-6,11-13,22,25-26H,7-10,14H2/t22-/m1/s1. The molecule has 1 saturated heterocycles. The summed E-state index contributed by atoms with van der Waals surface area (Å²) < 4.78 is 28.5. The number of fused-ring (bicyclic) bond motifs is 2. The van der Waals surface area contributed by atoms with Crippen LogP contribution in [0.15, 0.2) is 59.5 Å². The molecule has 2 heterocycles. The molecule has 0 saturated carbocycles. The second-order valence-corrected chi connectivity index (χ2v) is 10.1. The van der Waals surface area contributed by atoms with Crippen LogP contribution in [0.2, 0.25) is 5.02 Å². The molecule has 160 valence electrons. The van der Waals surface area contributed by atoms with Gasteiger partial charge in [-0.25, -0.2) is 8.42 Å². The molecule has 5 rings (SSSR count). The summed E-state index contributed by atoms with van der Waals surface area (Å²) in [6, 6.07) is 15.4. The third kappa shape index (κ3) is 3.94. The minimum atomic E-state index is -3.84. The Hall–Kier alpha value is -2.45. The predicted octanol–water partition coefficient (Wildman–Crippen LogP) is 3.22. The van der Waals surface area contributed by atoms with Gasteiger partial charge in [-0.05, 0) is 77.7 Å². The van der Waals surface area contributed by atoms with Crippen molar-refractivity contribution in [3.05, 3.63) is 70.7 Å². The number of nitrogens with zero attached hydrogens (tertiary/aromatic N) is 1. The second-order valence-electron chi connectivity index (χ2n) is 7.99. The average molecular weight is 456 g/mol. The lowest BCUT2D eigenvalue weighted by atomic mass is 10.0. The van der Waals surface area contributed by atoms with E-state index in [2.05, 4.69) is 16.1 Å². The number of carbonyl (C=O) groups excluding carboxylic acids is 1. The van der Waals surface area contributed by atoms with Crippen molar-refractivity contribution < 1.29 is 13.2 Å². The molecule has 1 amide bonds. The number of hydrogen-bond acceptors (Lipinski definition) is 4. The molecule has 2 aliphatic rings. The third-order valence-electron chi connectivity index (χ3n) is 5.98. The van der Waals surface area contributed by atoms with Crippen LogP contribution in [-0.4, -0.2) is 33.5 Å². The molecule has 1 fully saturated rings. The van der Waals surface area contributed by atoms with Crippen LogP contribution in [0.25, 0.3) is 10.8 Å². The highest BCUT2D eigenvalue weighted by atomic mass is 35.5. The van der Waals surface area contributed by atoms with Crippen molar-refractivity contribution in [1.82, 2.24) is 10.0 Å². The third-order valence-corrected chi connectivity index (χ3v) is 7.68. The maximum atomic E-state index is 13.0. The van der Waals surface area contributed by atoms with Crippen LogP contribution in [0, 0.1) is 0 Å². The van der Waals surface area contributed by atoms with Gasteiger partial charge in [0.05, 0.1) is 4.90 Å². The zero-order valence-corrected chi connectivity index (χ0v) is 18.3. The molecule has 0 unspecified atom stereocenters. The summed E-state index contributed by atoms with van der Waals surface area (Å²) in [6.45, 7) is 2.24. The van der Waals surface area contributed by atoms with Crippen molar-refractivity contribution in [3.63, 3.8) is 0 Å². The summed E-state index contributed by atoms with van der Waals surface area (Å²) in [5.41, 5.74) is 3.32. The van der Waals surface area contributed by atoms with Gasteiger partial charge in [0.2, 0.25) is 15.9 Å². The van der Waals surface area contributed by atoms with E-state index in [0.717, 1.165) is 36.0 Å². The van der Waals surface area contributed by atoms with Crippen LogP contribution in [0.3, 0.4) is 0 Å². The number of nitrogens with one attached hydrogen (secondary N) is 2. The summed E-state index contributed by atoms with van der Waals surface area (Å²) in [6.07, 6.45) is 1.36. The Kier molecular flexibility index (Phi) is 5.22. The molecule has 3 aromatic carbocycles. The van der Waals surface area contributed by atoms with E-state index in [-0.39, 0.29) is 10.8 Å². The lowest BCUT2D eigenvalue weighted by Crippen LogP contribution is -2.41. The number of rotatable bonds is 4. The maximum absolute atomic E-state index is 13.0. The van der Waals surface area contributed by atoms with E-state index in [1.54, 1.807) is 35.2 Å². The van der Waals surface area contributed by atoms with Crippen LogP contribution < -0.4 is 14.9 Å². The average Bonchev–Trinajstić information content (AvgIpc) is 3.12. The van der Waals surface area contributed by atoms with Crippen molar-refractivity contribution in [3.8, 4) is 0 Å². The molecular formula is C23H22ClN3O3S. The molecule has 6 nitrogen and oxygen atoms in total. The highest BCUT2D eigenvalue weighted by Gasteiger charge is 2.36. The Morgan fingerprint density at radius 3 is 2.68 bits per heavy atom. The van der Waals surface area contributed by atoms with E-state index in [1.165, 1.54) is 17.2 Å². The van der Waals surface area contributed by atoms with E-state index >= 15 is 0 Å². The van der Waals surface area contributed by atoms with Gasteiger partial charge < -0.3 is 10.2 Å². The topological polar surface area (TPSA) is 78.5 Å². The molecule has 31 heavy (non-hydrogen) atoms. The van der Waals surface area contributed by atoms with Crippen molar-refractivity contribution in [2.24, 2.45) is 0 Å². The van der Waals surface area contributed by atoms with Crippen molar-refractivity contribution >= 4 is 44.0 Å². The van der Waals surface area contributed by atoms with Gasteiger partial charge in [-0.1, -0.05) is 29.8 Å². The number of hydrogen-bond donors (Lipinski definition) is 2.